The standard InChI is InChI=1S/C15H11FN2S/c1-8-2-4-10-14-12(7-19-15(10)17-8)11-6-9(16)3-5-13(11)18-14/h2-6,18H,7H2,1H3. The van der Waals surface area contributed by atoms with E-state index >= 15 is 0 Å². The Labute approximate surface area is 114 Å². The van der Waals surface area contributed by atoms with Gasteiger partial charge in [0, 0.05) is 27.9 Å². The highest BCUT2D eigenvalue weighted by molar-refractivity contribution is 7.98. The van der Waals surface area contributed by atoms with Crippen molar-refractivity contribution in [3.8, 4) is 11.3 Å². The van der Waals surface area contributed by atoms with Crippen molar-refractivity contribution in [1.29, 1.82) is 0 Å². The number of halogens is 1. The molecule has 3 aromatic rings. The van der Waals surface area contributed by atoms with Crippen molar-refractivity contribution >= 4 is 22.7 Å². The molecule has 1 aliphatic heterocycles. The third kappa shape index (κ3) is 1.60. The second-order valence-corrected chi connectivity index (χ2v) is 5.73. The van der Waals surface area contributed by atoms with Crippen LogP contribution in [0, 0.1) is 12.7 Å². The maximum Gasteiger partial charge on any atom is 0.123 e. The van der Waals surface area contributed by atoms with E-state index in [0.29, 0.717) is 0 Å². The van der Waals surface area contributed by atoms with E-state index in [1.54, 1.807) is 23.9 Å². The van der Waals surface area contributed by atoms with E-state index in [9.17, 15) is 4.39 Å². The van der Waals surface area contributed by atoms with E-state index in [1.165, 1.54) is 11.6 Å². The largest absolute Gasteiger partial charge is 0.354 e. The Morgan fingerprint density at radius 1 is 1.26 bits per heavy atom. The molecule has 0 amide bonds. The summed E-state index contributed by atoms with van der Waals surface area (Å²) in [5.74, 6) is 0.648. The highest BCUT2D eigenvalue weighted by atomic mass is 32.2. The molecule has 19 heavy (non-hydrogen) atoms. The first-order valence-electron chi connectivity index (χ1n) is 6.13. The minimum atomic E-state index is -0.188. The van der Waals surface area contributed by atoms with Gasteiger partial charge in [-0.25, -0.2) is 9.37 Å². The number of fused-ring (bicyclic) bond motifs is 5. The van der Waals surface area contributed by atoms with Crippen molar-refractivity contribution in [1.82, 2.24) is 9.97 Å². The fourth-order valence-corrected chi connectivity index (χ4v) is 3.69. The van der Waals surface area contributed by atoms with Crippen molar-refractivity contribution in [2.75, 3.05) is 0 Å². The lowest BCUT2D eigenvalue weighted by molar-refractivity contribution is 0.629. The fourth-order valence-electron chi connectivity index (χ4n) is 2.57. The third-order valence-corrected chi connectivity index (χ3v) is 4.51. The number of nitrogens with zero attached hydrogens (tertiary/aromatic N) is 1. The van der Waals surface area contributed by atoms with Crippen LogP contribution in [0.2, 0.25) is 0 Å². The predicted octanol–water partition coefficient (Wildman–Crippen LogP) is 4.28. The Bertz CT molecular complexity index is 807. The van der Waals surface area contributed by atoms with Gasteiger partial charge in [-0.2, -0.15) is 0 Å². The molecule has 0 unspecified atom stereocenters. The summed E-state index contributed by atoms with van der Waals surface area (Å²) < 4.78 is 13.4. The zero-order valence-electron chi connectivity index (χ0n) is 10.3. The molecule has 2 nitrogen and oxygen atoms in total. The Kier molecular flexibility index (Phi) is 2.23. The lowest BCUT2D eigenvalue weighted by Gasteiger charge is -2.15. The number of H-pyrrole nitrogens is 1. The minimum absolute atomic E-state index is 0.188. The van der Waals surface area contributed by atoms with E-state index < -0.39 is 0 Å². The molecule has 3 heterocycles. The molecular weight excluding hydrogens is 259 g/mol. The van der Waals surface area contributed by atoms with Gasteiger partial charge in [-0.1, -0.05) is 0 Å². The monoisotopic (exact) mass is 270 g/mol. The molecule has 0 spiro atoms. The van der Waals surface area contributed by atoms with Crippen LogP contribution >= 0.6 is 11.8 Å². The van der Waals surface area contributed by atoms with Crippen molar-refractivity contribution in [2.45, 2.75) is 17.7 Å². The van der Waals surface area contributed by atoms with Crippen LogP contribution in [0.15, 0.2) is 35.4 Å². The molecule has 0 saturated carbocycles. The van der Waals surface area contributed by atoms with E-state index in [2.05, 4.69) is 16.0 Å². The normalized spacial score (nSPS) is 13.4. The molecule has 0 fully saturated rings. The number of aryl methyl sites for hydroxylation is 1. The molecule has 0 aliphatic carbocycles. The molecule has 0 saturated heterocycles. The molecule has 0 bridgehead atoms. The van der Waals surface area contributed by atoms with Crippen LogP contribution in [0.1, 0.15) is 11.3 Å². The summed E-state index contributed by atoms with van der Waals surface area (Å²) in [6.07, 6.45) is 0. The van der Waals surface area contributed by atoms with Gasteiger partial charge in [0.2, 0.25) is 0 Å². The Morgan fingerprint density at radius 3 is 3.05 bits per heavy atom. The summed E-state index contributed by atoms with van der Waals surface area (Å²) in [5, 5.41) is 2.04. The summed E-state index contributed by atoms with van der Waals surface area (Å²) in [6, 6.07) is 9.01. The van der Waals surface area contributed by atoms with E-state index in [0.717, 1.165) is 38.6 Å². The number of thioether (sulfide) groups is 1. The molecule has 1 N–H and O–H groups in total. The molecule has 0 radical (unpaired) electrons. The molecule has 2 aromatic heterocycles. The van der Waals surface area contributed by atoms with Gasteiger partial charge in [-0.3, -0.25) is 0 Å². The third-order valence-electron chi connectivity index (χ3n) is 3.49. The topological polar surface area (TPSA) is 28.7 Å². The van der Waals surface area contributed by atoms with Crippen LogP contribution in [0.4, 0.5) is 4.39 Å². The Morgan fingerprint density at radius 2 is 2.16 bits per heavy atom. The second kappa shape index (κ2) is 3.84. The Balaban J connectivity index is 2.04. The van der Waals surface area contributed by atoms with Crippen molar-refractivity contribution in [2.24, 2.45) is 0 Å². The zero-order valence-corrected chi connectivity index (χ0v) is 11.1. The number of pyridine rings is 1. The summed E-state index contributed by atoms with van der Waals surface area (Å²) in [6.45, 7) is 2.00. The van der Waals surface area contributed by atoms with Crippen molar-refractivity contribution in [3.05, 3.63) is 47.4 Å². The van der Waals surface area contributed by atoms with Gasteiger partial charge in [0.15, 0.2) is 0 Å². The maximum atomic E-state index is 13.4. The van der Waals surface area contributed by atoms with E-state index in [1.807, 2.05) is 13.0 Å². The van der Waals surface area contributed by atoms with Gasteiger partial charge in [0.25, 0.3) is 0 Å². The molecule has 94 valence electrons. The highest BCUT2D eigenvalue weighted by Gasteiger charge is 2.22. The quantitative estimate of drug-likeness (QED) is 0.660. The number of hydrogen-bond donors (Lipinski definition) is 1. The van der Waals surface area contributed by atoms with Crippen molar-refractivity contribution < 1.29 is 4.39 Å². The van der Waals surface area contributed by atoms with Gasteiger partial charge in [0.1, 0.15) is 10.8 Å². The second-order valence-electron chi connectivity index (χ2n) is 4.76. The molecule has 1 aromatic carbocycles. The number of hydrogen-bond acceptors (Lipinski definition) is 2. The number of benzene rings is 1. The molecule has 0 atom stereocenters. The lowest BCUT2D eigenvalue weighted by Crippen LogP contribution is -1.97. The number of rotatable bonds is 0. The fraction of sp³-hybridized carbons (Fsp3) is 0.133. The zero-order chi connectivity index (χ0) is 13.0. The maximum absolute atomic E-state index is 13.4. The first-order chi connectivity index (χ1) is 9.22. The van der Waals surface area contributed by atoms with Crippen LogP contribution in [0.5, 0.6) is 0 Å². The van der Waals surface area contributed by atoms with Crippen molar-refractivity contribution in [3.63, 3.8) is 0 Å². The van der Waals surface area contributed by atoms with Gasteiger partial charge in [0.05, 0.1) is 5.69 Å². The summed E-state index contributed by atoms with van der Waals surface area (Å²) in [7, 11) is 0. The van der Waals surface area contributed by atoms with E-state index in [4.69, 9.17) is 0 Å². The average molecular weight is 270 g/mol. The van der Waals surface area contributed by atoms with Gasteiger partial charge in [-0.15, -0.1) is 11.8 Å². The van der Waals surface area contributed by atoms with Gasteiger partial charge in [-0.05, 0) is 42.8 Å². The lowest BCUT2D eigenvalue weighted by atomic mass is 10.1. The van der Waals surface area contributed by atoms with Crippen LogP contribution < -0.4 is 0 Å². The SMILES string of the molecule is Cc1ccc2c(n1)SCc1c-2[nH]c2ccc(F)cc12. The summed E-state index contributed by atoms with van der Waals surface area (Å²) in [4.78, 5) is 7.97. The molecule has 4 heteroatoms. The molecule has 1 aliphatic rings. The van der Waals surface area contributed by atoms with Crippen LogP contribution in [-0.4, -0.2) is 9.97 Å². The van der Waals surface area contributed by atoms with Gasteiger partial charge < -0.3 is 4.98 Å². The predicted molar refractivity (Wildman–Crippen MR) is 75.8 cm³/mol. The van der Waals surface area contributed by atoms with Crippen LogP contribution in [0.3, 0.4) is 0 Å². The van der Waals surface area contributed by atoms with E-state index in [-0.39, 0.29) is 5.82 Å². The van der Waals surface area contributed by atoms with Crippen LogP contribution in [0.25, 0.3) is 22.2 Å². The van der Waals surface area contributed by atoms with Crippen LogP contribution in [-0.2, 0) is 5.75 Å². The number of aromatic nitrogens is 2. The smallest absolute Gasteiger partial charge is 0.123 e. The first kappa shape index (κ1) is 11.1. The minimum Gasteiger partial charge on any atom is -0.354 e. The molecular formula is C15H11FN2S. The summed E-state index contributed by atoms with van der Waals surface area (Å²) in [5.41, 5.74) is 5.39. The summed E-state index contributed by atoms with van der Waals surface area (Å²) >= 11 is 1.72. The number of nitrogens with one attached hydrogen (secondary N) is 1. The Hall–Kier alpha value is -1.81. The highest BCUT2D eigenvalue weighted by Crippen LogP contribution is 2.43. The number of aromatic amines is 1. The molecule has 4 rings (SSSR count). The van der Waals surface area contributed by atoms with Gasteiger partial charge >= 0.3 is 0 Å². The first-order valence-corrected chi connectivity index (χ1v) is 7.12. The average Bonchev–Trinajstić information content (AvgIpc) is 2.76.